The van der Waals surface area contributed by atoms with Gasteiger partial charge in [-0.3, -0.25) is 14.4 Å². The number of hydrogen-bond donors (Lipinski definition) is 1. The molecule has 0 bridgehead atoms. The predicted octanol–water partition coefficient (Wildman–Crippen LogP) is -0.421. The summed E-state index contributed by atoms with van der Waals surface area (Å²) in [5.41, 5.74) is 5.22. The molecule has 1 aliphatic rings. The first-order valence-electron chi connectivity index (χ1n) is 6.38. The lowest BCUT2D eigenvalue weighted by molar-refractivity contribution is -0.152. The SMILES string of the molecule is CCN(CC)C(=O)C(=O)N1CCC(C(N)=O)CC1. The third-order valence-electron chi connectivity index (χ3n) is 3.42. The zero-order valence-corrected chi connectivity index (χ0v) is 11.0. The van der Waals surface area contributed by atoms with Crippen LogP contribution in [0.3, 0.4) is 0 Å². The molecule has 0 radical (unpaired) electrons. The molecule has 1 heterocycles. The van der Waals surface area contributed by atoms with Crippen LogP contribution in [0.1, 0.15) is 26.7 Å². The molecule has 0 aromatic carbocycles. The molecular weight excluding hydrogens is 234 g/mol. The number of hydrogen-bond acceptors (Lipinski definition) is 3. The molecule has 0 atom stereocenters. The van der Waals surface area contributed by atoms with Gasteiger partial charge in [0.25, 0.3) is 0 Å². The largest absolute Gasteiger partial charge is 0.369 e. The molecule has 102 valence electrons. The van der Waals surface area contributed by atoms with Crippen LogP contribution in [0.15, 0.2) is 0 Å². The second-order valence-corrected chi connectivity index (χ2v) is 4.45. The van der Waals surface area contributed by atoms with Crippen LogP contribution in [-0.2, 0) is 14.4 Å². The fourth-order valence-corrected chi connectivity index (χ4v) is 2.15. The van der Waals surface area contributed by atoms with Gasteiger partial charge in [-0.05, 0) is 26.7 Å². The molecule has 0 aliphatic carbocycles. The Morgan fingerprint density at radius 2 is 1.67 bits per heavy atom. The van der Waals surface area contributed by atoms with Gasteiger partial charge in [0.2, 0.25) is 5.91 Å². The van der Waals surface area contributed by atoms with Crippen molar-refractivity contribution in [2.24, 2.45) is 11.7 Å². The molecule has 3 amide bonds. The maximum absolute atomic E-state index is 12.0. The van der Waals surface area contributed by atoms with Gasteiger partial charge >= 0.3 is 11.8 Å². The lowest BCUT2D eigenvalue weighted by Gasteiger charge is -2.31. The van der Waals surface area contributed by atoms with E-state index in [1.807, 2.05) is 13.8 Å². The summed E-state index contributed by atoms with van der Waals surface area (Å²) in [6.45, 7) is 5.60. The van der Waals surface area contributed by atoms with E-state index >= 15 is 0 Å². The molecule has 1 rings (SSSR count). The summed E-state index contributed by atoms with van der Waals surface area (Å²) >= 11 is 0. The minimum Gasteiger partial charge on any atom is -0.369 e. The second kappa shape index (κ2) is 6.37. The molecule has 6 nitrogen and oxygen atoms in total. The highest BCUT2D eigenvalue weighted by molar-refractivity contribution is 6.34. The zero-order chi connectivity index (χ0) is 13.7. The van der Waals surface area contributed by atoms with E-state index < -0.39 is 11.8 Å². The number of likely N-dealkylation sites (tertiary alicyclic amines) is 1. The van der Waals surface area contributed by atoms with Gasteiger partial charge in [0.15, 0.2) is 0 Å². The summed E-state index contributed by atoms with van der Waals surface area (Å²) in [4.78, 5) is 37.8. The smallest absolute Gasteiger partial charge is 0.312 e. The van der Waals surface area contributed by atoms with Crippen LogP contribution >= 0.6 is 0 Å². The zero-order valence-electron chi connectivity index (χ0n) is 11.0. The van der Waals surface area contributed by atoms with Gasteiger partial charge in [-0.2, -0.15) is 0 Å². The van der Waals surface area contributed by atoms with Crippen molar-refractivity contribution in [3.63, 3.8) is 0 Å². The molecule has 0 unspecified atom stereocenters. The summed E-state index contributed by atoms with van der Waals surface area (Å²) in [5.74, 6) is -1.42. The summed E-state index contributed by atoms with van der Waals surface area (Å²) in [7, 11) is 0. The molecule has 6 heteroatoms. The maximum atomic E-state index is 12.0. The molecular formula is C12H21N3O3. The first-order valence-corrected chi connectivity index (χ1v) is 6.38. The van der Waals surface area contributed by atoms with Crippen LogP contribution in [-0.4, -0.2) is 53.7 Å². The lowest BCUT2D eigenvalue weighted by atomic mass is 9.96. The van der Waals surface area contributed by atoms with E-state index in [0.29, 0.717) is 39.0 Å². The monoisotopic (exact) mass is 255 g/mol. The van der Waals surface area contributed by atoms with Gasteiger partial charge in [0.1, 0.15) is 0 Å². The molecule has 1 fully saturated rings. The number of piperidine rings is 1. The minimum absolute atomic E-state index is 0.169. The van der Waals surface area contributed by atoms with E-state index in [2.05, 4.69) is 0 Å². The summed E-state index contributed by atoms with van der Waals surface area (Å²) in [6.07, 6.45) is 1.10. The van der Waals surface area contributed by atoms with Crippen molar-refractivity contribution in [1.29, 1.82) is 0 Å². The van der Waals surface area contributed by atoms with E-state index in [-0.39, 0.29) is 11.8 Å². The molecule has 1 saturated heterocycles. The topological polar surface area (TPSA) is 83.7 Å². The average Bonchev–Trinajstić information content (AvgIpc) is 2.39. The summed E-state index contributed by atoms with van der Waals surface area (Å²) < 4.78 is 0. The molecule has 0 aromatic rings. The van der Waals surface area contributed by atoms with Gasteiger partial charge in [-0.25, -0.2) is 0 Å². The quantitative estimate of drug-likeness (QED) is 0.695. The number of nitrogens with zero attached hydrogens (tertiary/aromatic N) is 2. The number of amides is 3. The number of nitrogens with two attached hydrogens (primary N) is 1. The average molecular weight is 255 g/mol. The fourth-order valence-electron chi connectivity index (χ4n) is 2.15. The van der Waals surface area contributed by atoms with Gasteiger partial charge in [-0.15, -0.1) is 0 Å². The third-order valence-corrected chi connectivity index (χ3v) is 3.42. The Bertz CT molecular complexity index is 331. The number of carbonyl (C=O) groups is 3. The first kappa shape index (κ1) is 14.5. The van der Waals surface area contributed by atoms with Crippen LogP contribution < -0.4 is 5.73 Å². The van der Waals surface area contributed by atoms with E-state index in [4.69, 9.17) is 5.73 Å². The van der Waals surface area contributed by atoms with E-state index in [1.165, 1.54) is 9.80 Å². The first-order chi connectivity index (χ1) is 8.51. The Morgan fingerprint density at radius 1 is 1.17 bits per heavy atom. The van der Waals surface area contributed by atoms with Crippen LogP contribution in [0.4, 0.5) is 0 Å². The Kier molecular flexibility index (Phi) is 5.12. The van der Waals surface area contributed by atoms with Crippen molar-refractivity contribution in [1.82, 2.24) is 9.80 Å². The standard InChI is InChI=1S/C12H21N3O3/c1-3-14(4-2)11(17)12(18)15-7-5-9(6-8-15)10(13)16/h9H,3-8H2,1-2H3,(H2,13,16). The summed E-state index contributed by atoms with van der Waals surface area (Å²) in [5, 5.41) is 0. The highest BCUT2D eigenvalue weighted by atomic mass is 16.2. The normalized spacial score (nSPS) is 16.4. The minimum atomic E-state index is -0.471. The molecule has 18 heavy (non-hydrogen) atoms. The van der Waals surface area contributed by atoms with Gasteiger partial charge in [0, 0.05) is 32.1 Å². The molecule has 0 aromatic heterocycles. The second-order valence-electron chi connectivity index (χ2n) is 4.45. The Labute approximate surface area is 107 Å². The maximum Gasteiger partial charge on any atom is 0.312 e. The molecule has 0 saturated carbocycles. The van der Waals surface area contributed by atoms with Crippen LogP contribution in [0.25, 0.3) is 0 Å². The number of rotatable bonds is 3. The van der Waals surface area contributed by atoms with Crippen molar-refractivity contribution in [2.45, 2.75) is 26.7 Å². The van der Waals surface area contributed by atoms with Crippen LogP contribution in [0.2, 0.25) is 0 Å². The van der Waals surface area contributed by atoms with Gasteiger partial charge in [-0.1, -0.05) is 0 Å². The number of carbonyl (C=O) groups excluding carboxylic acids is 3. The van der Waals surface area contributed by atoms with Gasteiger partial charge in [0.05, 0.1) is 0 Å². The molecule has 2 N–H and O–H groups in total. The van der Waals surface area contributed by atoms with Crippen molar-refractivity contribution in [3.8, 4) is 0 Å². The summed E-state index contributed by atoms with van der Waals surface area (Å²) in [6, 6.07) is 0. The Balaban J connectivity index is 2.54. The Hall–Kier alpha value is -1.59. The van der Waals surface area contributed by atoms with E-state index in [0.717, 1.165) is 0 Å². The highest BCUT2D eigenvalue weighted by Crippen LogP contribution is 2.17. The lowest BCUT2D eigenvalue weighted by Crippen LogP contribution is -2.49. The van der Waals surface area contributed by atoms with Crippen LogP contribution in [0, 0.1) is 5.92 Å². The third kappa shape index (κ3) is 3.21. The molecule has 0 spiro atoms. The predicted molar refractivity (Wildman–Crippen MR) is 66.4 cm³/mol. The Morgan fingerprint density at radius 3 is 2.06 bits per heavy atom. The van der Waals surface area contributed by atoms with Crippen molar-refractivity contribution in [3.05, 3.63) is 0 Å². The van der Waals surface area contributed by atoms with Crippen molar-refractivity contribution >= 4 is 17.7 Å². The van der Waals surface area contributed by atoms with Crippen LogP contribution in [0.5, 0.6) is 0 Å². The van der Waals surface area contributed by atoms with Crippen molar-refractivity contribution in [2.75, 3.05) is 26.2 Å². The number of likely N-dealkylation sites (N-methyl/N-ethyl adjacent to an activating group) is 1. The fraction of sp³-hybridized carbons (Fsp3) is 0.750. The molecule has 1 aliphatic heterocycles. The van der Waals surface area contributed by atoms with Crippen molar-refractivity contribution < 1.29 is 14.4 Å². The van der Waals surface area contributed by atoms with Gasteiger partial charge < -0.3 is 15.5 Å². The number of primary amides is 1. The highest BCUT2D eigenvalue weighted by Gasteiger charge is 2.30. The van der Waals surface area contributed by atoms with E-state index in [9.17, 15) is 14.4 Å². The van der Waals surface area contributed by atoms with E-state index in [1.54, 1.807) is 0 Å².